The Morgan fingerprint density at radius 1 is 1.21 bits per heavy atom. The normalized spacial score (nSPS) is 11.2. The second kappa shape index (κ2) is 6.73. The van der Waals surface area contributed by atoms with Crippen molar-refractivity contribution in [3.05, 3.63) is 30.2 Å². The van der Waals surface area contributed by atoms with Gasteiger partial charge in [-0.1, -0.05) is 13.8 Å². The van der Waals surface area contributed by atoms with Crippen LogP contribution in [0.3, 0.4) is 0 Å². The highest BCUT2D eigenvalue weighted by Gasteiger charge is 2.08. The summed E-state index contributed by atoms with van der Waals surface area (Å²) in [5.74, 6) is 1.27. The predicted octanol–water partition coefficient (Wildman–Crippen LogP) is 3.00. The van der Waals surface area contributed by atoms with E-state index in [1.54, 1.807) is 11.8 Å². The van der Waals surface area contributed by atoms with Gasteiger partial charge in [0.05, 0.1) is 0 Å². The standard InChI is InChI=1S/C14H19N3OS/c1-10(2)15-9-8-13-16-17-14(18-13)11-4-6-12(19-3)7-5-11/h4-7,10,15H,8-9H2,1-3H3. The van der Waals surface area contributed by atoms with Crippen LogP contribution in [0.15, 0.2) is 33.6 Å². The maximum atomic E-state index is 5.66. The maximum Gasteiger partial charge on any atom is 0.247 e. The highest BCUT2D eigenvalue weighted by atomic mass is 32.2. The molecule has 0 radical (unpaired) electrons. The summed E-state index contributed by atoms with van der Waals surface area (Å²) in [6.07, 6.45) is 2.82. The molecule has 5 heteroatoms. The average molecular weight is 277 g/mol. The van der Waals surface area contributed by atoms with Crippen molar-refractivity contribution in [1.29, 1.82) is 0 Å². The van der Waals surface area contributed by atoms with Gasteiger partial charge in [0.15, 0.2) is 0 Å². The Balaban J connectivity index is 1.99. The van der Waals surface area contributed by atoms with Crippen molar-refractivity contribution in [2.45, 2.75) is 31.2 Å². The molecule has 1 aromatic heterocycles. The third-order valence-electron chi connectivity index (χ3n) is 2.70. The van der Waals surface area contributed by atoms with Crippen LogP contribution in [-0.2, 0) is 6.42 Å². The Bertz CT molecular complexity index is 508. The topological polar surface area (TPSA) is 51.0 Å². The van der Waals surface area contributed by atoms with Crippen molar-refractivity contribution < 1.29 is 4.42 Å². The van der Waals surface area contributed by atoms with Crippen LogP contribution < -0.4 is 5.32 Å². The van der Waals surface area contributed by atoms with Crippen molar-refractivity contribution in [2.24, 2.45) is 0 Å². The molecule has 0 bridgehead atoms. The predicted molar refractivity (Wildman–Crippen MR) is 78.4 cm³/mol. The minimum atomic E-state index is 0.474. The summed E-state index contributed by atoms with van der Waals surface area (Å²) in [5, 5.41) is 11.5. The summed E-state index contributed by atoms with van der Waals surface area (Å²) in [7, 11) is 0. The number of nitrogens with zero attached hydrogens (tertiary/aromatic N) is 2. The van der Waals surface area contributed by atoms with Crippen molar-refractivity contribution in [1.82, 2.24) is 15.5 Å². The van der Waals surface area contributed by atoms with Crippen molar-refractivity contribution in [2.75, 3.05) is 12.8 Å². The van der Waals surface area contributed by atoms with Gasteiger partial charge in [0.2, 0.25) is 11.8 Å². The van der Waals surface area contributed by atoms with Gasteiger partial charge < -0.3 is 9.73 Å². The number of hydrogen-bond acceptors (Lipinski definition) is 5. The van der Waals surface area contributed by atoms with Crippen LogP contribution in [-0.4, -0.2) is 29.0 Å². The van der Waals surface area contributed by atoms with E-state index in [1.165, 1.54) is 4.90 Å². The molecule has 0 fully saturated rings. The molecule has 1 N–H and O–H groups in total. The van der Waals surface area contributed by atoms with Gasteiger partial charge in [-0.25, -0.2) is 0 Å². The van der Waals surface area contributed by atoms with Gasteiger partial charge in [-0.15, -0.1) is 22.0 Å². The SMILES string of the molecule is CSc1ccc(-c2nnc(CCNC(C)C)o2)cc1. The number of rotatable bonds is 6. The minimum Gasteiger partial charge on any atom is -0.421 e. The third-order valence-corrected chi connectivity index (χ3v) is 3.44. The number of benzene rings is 1. The van der Waals surface area contributed by atoms with E-state index in [0.29, 0.717) is 17.8 Å². The first-order chi connectivity index (χ1) is 9.19. The zero-order valence-electron chi connectivity index (χ0n) is 11.5. The lowest BCUT2D eigenvalue weighted by molar-refractivity contribution is 0.484. The highest BCUT2D eigenvalue weighted by molar-refractivity contribution is 7.98. The molecule has 2 rings (SSSR count). The lowest BCUT2D eigenvalue weighted by Gasteiger charge is -2.04. The Morgan fingerprint density at radius 2 is 1.95 bits per heavy atom. The molecule has 102 valence electrons. The van der Waals surface area contributed by atoms with Gasteiger partial charge in [0, 0.05) is 29.5 Å². The van der Waals surface area contributed by atoms with E-state index in [4.69, 9.17) is 4.42 Å². The summed E-state index contributed by atoms with van der Waals surface area (Å²) < 4.78 is 5.66. The lowest BCUT2D eigenvalue weighted by atomic mass is 10.2. The Morgan fingerprint density at radius 3 is 2.58 bits per heavy atom. The first-order valence-corrected chi connectivity index (χ1v) is 7.61. The molecule has 2 aromatic rings. The zero-order valence-corrected chi connectivity index (χ0v) is 12.3. The number of aromatic nitrogens is 2. The van der Waals surface area contributed by atoms with E-state index in [1.807, 2.05) is 12.1 Å². The number of thioether (sulfide) groups is 1. The first kappa shape index (κ1) is 14.1. The summed E-state index contributed by atoms with van der Waals surface area (Å²) in [6, 6.07) is 8.61. The van der Waals surface area contributed by atoms with E-state index in [-0.39, 0.29) is 0 Å². The van der Waals surface area contributed by atoms with Gasteiger partial charge in [-0.2, -0.15) is 0 Å². The highest BCUT2D eigenvalue weighted by Crippen LogP contribution is 2.21. The van der Waals surface area contributed by atoms with Crippen molar-refractivity contribution in [3.63, 3.8) is 0 Å². The quantitative estimate of drug-likeness (QED) is 0.823. The molecule has 0 aliphatic carbocycles. The summed E-state index contributed by atoms with van der Waals surface area (Å²) in [4.78, 5) is 1.23. The molecule has 1 aromatic carbocycles. The molecule has 4 nitrogen and oxygen atoms in total. The molecule has 0 saturated carbocycles. The van der Waals surface area contributed by atoms with E-state index >= 15 is 0 Å². The second-order valence-corrected chi connectivity index (χ2v) is 5.47. The number of hydrogen-bond donors (Lipinski definition) is 1. The first-order valence-electron chi connectivity index (χ1n) is 6.39. The van der Waals surface area contributed by atoms with Crippen LogP contribution in [0.4, 0.5) is 0 Å². The smallest absolute Gasteiger partial charge is 0.247 e. The summed E-state index contributed by atoms with van der Waals surface area (Å²) >= 11 is 1.72. The van der Waals surface area contributed by atoms with Crippen LogP contribution in [0, 0.1) is 0 Å². The Labute approximate surface area is 118 Å². The molecule has 0 spiro atoms. The third kappa shape index (κ3) is 4.08. The van der Waals surface area contributed by atoms with Crippen LogP contribution in [0.1, 0.15) is 19.7 Å². The van der Waals surface area contributed by atoms with E-state index < -0.39 is 0 Å². The molecule has 0 saturated heterocycles. The monoisotopic (exact) mass is 277 g/mol. The van der Waals surface area contributed by atoms with Gasteiger partial charge in [-0.05, 0) is 30.5 Å². The minimum absolute atomic E-state index is 0.474. The van der Waals surface area contributed by atoms with E-state index in [2.05, 4.69) is 47.8 Å². The molecule has 19 heavy (non-hydrogen) atoms. The van der Waals surface area contributed by atoms with Gasteiger partial charge in [-0.3, -0.25) is 0 Å². The van der Waals surface area contributed by atoms with Crippen LogP contribution >= 0.6 is 11.8 Å². The van der Waals surface area contributed by atoms with Gasteiger partial charge >= 0.3 is 0 Å². The van der Waals surface area contributed by atoms with Crippen molar-refractivity contribution in [3.8, 4) is 11.5 Å². The fraction of sp³-hybridized carbons (Fsp3) is 0.429. The second-order valence-electron chi connectivity index (χ2n) is 4.59. The largest absolute Gasteiger partial charge is 0.421 e. The molecule has 0 aliphatic heterocycles. The van der Waals surface area contributed by atoms with Crippen LogP contribution in [0.2, 0.25) is 0 Å². The van der Waals surface area contributed by atoms with Crippen LogP contribution in [0.5, 0.6) is 0 Å². The van der Waals surface area contributed by atoms with Crippen molar-refractivity contribution >= 4 is 11.8 Å². The fourth-order valence-corrected chi connectivity index (χ4v) is 2.08. The molecule has 1 heterocycles. The lowest BCUT2D eigenvalue weighted by Crippen LogP contribution is -2.25. The Hall–Kier alpha value is -1.33. The Kier molecular flexibility index (Phi) is 4.99. The molecule has 0 atom stereocenters. The van der Waals surface area contributed by atoms with Gasteiger partial charge in [0.1, 0.15) is 0 Å². The average Bonchev–Trinajstić information content (AvgIpc) is 2.87. The number of nitrogens with one attached hydrogen (secondary N) is 1. The van der Waals surface area contributed by atoms with Gasteiger partial charge in [0.25, 0.3) is 0 Å². The van der Waals surface area contributed by atoms with Crippen LogP contribution in [0.25, 0.3) is 11.5 Å². The fourth-order valence-electron chi connectivity index (χ4n) is 1.67. The zero-order chi connectivity index (χ0) is 13.7. The van der Waals surface area contributed by atoms with E-state index in [0.717, 1.165) is 18.5 Å². The molecule has 0 amide bonds. The molecular formula is C14H19N3OS. The molecule has 0 aliphatic rings. The molecular weight excluding hydrogens is 258 g/mol. The summed E-state index contributed by atoms with van der Waals surface area (Å²) in [5.41, 5.74) is 0.966. The van der Waals surface area contributed by atoms with E-state index in [9.17, 15) is 0 Å². The maximum absolute atomic E-state index is 5.66. The molecule has 0 unspecified atom stereocenters. The summed E-state index contributed by atoms with van der Waals surface area (Å²) in [6.45, 7) is 5.09.